The van der Waals surface area contributed by atoms with E-state index in [0.717, 1.165) is 11.8 Å². The summed E-state index contributed by atoms with van der Waals surface area (Å²) in [5.41, 5.74) is 0.488. The molecule has 1 aromatic heterocycles. The van der Waals surface area contributed by atoms with Gasteiger partial charge in [-0.25, -0.2) is 9.37 Å². The van der Waals surface area contributed by atoms with Crippen LogP contribution in [0.4, 0.5) is 10.1 Å². The van der Waals surface area contributed by atoms with Crippen LogP contribution >= 0.6 is 11.8 Å². The number of aromatic nitrogens is 2. The predicted octanol–water partition coefficient (Wildman–Crippen LogP) is 3.84. The molecule has 0 aliphatic carbocycles. The molecule has 2 aromatic carbocycles. The largest absolute Gasteiger partial charge is 0.323 e. The molecule has 5 nitrogen and oxygen atoms in total. The molecule has 0 saturated carbocycles. The number of anilines is 1. The molecule has 0 aliphatic heterocycles. The first-order valence-electron chi connectivity index (χ1n) is 8.33. The summed E-state index contributed by atoms with van der Waals surface area (Å²) in [6, 6.07) is 13.0. The lowest BCUT2D eigenvalue weighted by Crippen LogP contribution is -2.27. The number of amides is 1. The molecule has 1 N–H and O–H groups in total. The Morgan fingerprint density at radius 3 is 2.74 bits per heavy atom. The Morgan fingerprint density at radius 1 is 1.30 bits per heavy atom. The first-order valence-corrected chi connectivity index (χ1v) is 9.21. The zero-order valence-electron chi connectivity index (χ0n) is 14.7. The minimum Gasteiger partial charge on any atom is -0.323 e. The number of allylic oxidation sites excluding steroid dienone is 1. The van der Waals surface area contributed by atoms with Gasteiger partial charge < -0.3 is 5.32 Å². The van der Waals surface area contributed by atoms with Crippen molar-refractivity contribution in [3.8, 4) is 0 Å². The predicted molar refractivity (Wildman–Crippen MR) is 107 cm³/mol. The van der Waals surface area contributed by atoms with Gasteiger partial charge in [-0.05, 0) is 31.2 Å². The van der Waals surface area contributed by atoms with Crippen molar-refractivity contribution in [1.29, 1.82) is 0 Å². The molecule has 1 unspecified atom stereocenters. The topological polar surface area (TPSA) is 64.0 Å². The number of carbonyl (C=O) groups excluding carboxylic acids is 1. The van der Waals surface area contributed by atoms with Crippen LogP contribution in [0.25, 0.3) is 10.9 Å². The number of thioether (sulfide) groups is 1. The van der Waals surface area contributed by atoms with E-state index < -0.39 is 11.1 Å². The van der Waals surface area contributed by atoms with Gasteiger partial charge in [-0.3, -0.25) is 14.2 Å². The van der Waals surface area contributed by atoms with Crippen molar-refractivity contribution in [3.05, 3.63) is 77.4 Å². The van der Waals surface area contributed by atoms with Crippen LogP contribution in [0.2, 0.25) is 0 Å². The molecule has 0 fully saturated rings. The molecule has 0 saturated heterocycles. The third-order valence-electron chi connectivity index (χ3n) is 3.92. The second-order valence-electron chi connectivity index (χ2n) is 5.85. The van der Waals surface area contributed by atoms with Crippen molar-refractivity contribution in [1.82, 2.24) is 9.55 Å². The molecule has 3 rings (SSSR count). The van der Waals surface area contributed by atoms with Crippen LogP contribution in [-0.2, 0) is 11.3 Å². The second kappa shape index (κ2) is 8.18. The standard InChI is InChI=1S/C20H18FN3O2S/c1-3-12-24-19(26)14-8-4-6-10-16(14)23-20(24)27-13(2)18(25)22-17-11-7-5-9-15(17)21/h3-11,13H,1,12H2,2H3,(H,22,25). The van der Waals surface area contributed by atoms with Crippen LogP contribution in [0.5, 0.6) is 0 Å². The summed E-state index contributed by atoms with van der Waals surface area (Å²) >= 11 is 1.14. The summed E-state index contributed by atoms with van der Waals surface area (Å²) in [5.74, 6) is -0.881. The first-order chi connectivity index (χ1) is 13.0. The minimum absolute atomic E-state index is 0.116. The Morgan fingerprint density at radius 2 is 2.00 bits per heavy atom. The second-order valence-corrected chi connectivity index (χ2v) is 7.15. The van der Waals surface area contributed by atoms with Gasteiger partial charge in [0.1, 0.15) is 5.82 Å². The van der Waals surface area contributed by atoms with Gasteiger partial charge in [0.2, 0.25) is 5.91 Å². The van der Waals surface area contributed by atoms with Crippen LogP contribution in [0.15, 0.2) is 71.1 Å². The monoisotopic (exact) mass is 383 g/mol. The number of carbonyl (C=O) groups is 1. The maximum Gasteiger partial charge on any atom is 0.262 e. The van der Waals surface area contributed by atoms with E-state index in [9.17, 15) is 14.0 Å². The average Bonchev–Trinajstić information content (AvgIpc) is 2.66. The smallest absolute Gasteiger partial charge is 0.262 e. The van der Waals surface area contributed by atoms with Gasteiger partial charge in [0.05, 0.1) is 21.8 Å². The fourth-order valence-electron chi connectivity index (χ4n) is 2.54. The number of hydrogen-bond acceptors (Lipinski definition) is 4. The summed E-state index contributed by atoms with van der Waals surface area (Å²) < 4.78 is 15.2. The zero-order chi connectivity index (χ0) is 19.4. The molecule has 27 heavy (non-hydrogen) atoms. The molecule has 1 amide bonds. The highest BCUT2D eigenvalue weighted by Gasteiger charge is 2.20. The van der Waals surface area contributed by atoms with Crippen molar-refractivity contribution in [3.63, 3.8) is 0 Å². The number of fused-ring (bicyclic) bond motifs is 1. The fourth-order valence-corrected chi connectivity index (χ4v) is 3.45. The highest BCUT2D eigenvalue weighted by molar-refractivity contribution is 8.00. The number of nitrogens with zero attached hydrogens (tertiary/aromatic N) is 2. The molecule has 0 aliphatic rings. The summed E-state index contributed by atoms with van der Waals surface area (Å²) in [6.07, 6.45) is 1.60. The highest BCUT2D eigenvalue weighted by Crippen LogP contribution is 2.24. The van der Waals surface area contributed by atoms with Crippen LogP contribution < -0.4 is 10.9 Å². The average molecular weight is 383 g/mol. The fraction of sp³-hybridized carbons (Fsp3) is 0.150. The number of benzene rings is 2. The molecular weight excluding hydrogens is 365 g/mol. The van der Waals surface area contributed by atoms with Crippen LogP contribution in [-0.4, -0.2) is 20.7 Å². The number of para-hydroxylation sites is 2. The normalized spacial score (nSPS) is 11.9. The van der Waals surface area contributed by atoms with Gasteiger partial charge in [0, 0.05) is 6.54 Å². The maximum atomic E-state index is 13.7. The van der Waals surface area contributed by atoms with E-state index in [4.69, 9.17) is 0 Å². The number of halogens is 1. The van der Waals surface area contributed by atoms with Crippen LogP contribution in [0.3, 0.4) is 0 Å². The summed E-state index contributed by atoms with van der Waals surface area (Å²) in [4.78, 5) is 29.7. The molecule has 7 heteroatoms. The molecule has 1 atom stereocenters. The Balaban J connectivity index is 1.89. The van der Waals surface area contributed by atoms with E-state index in [-0.39, 0.29) is 23.7 Å². The lowest BCUT2D eigenvalue weighted by Gasteiger charge is -2.15. The van der Waals surface area contributed by atoms with Crippen molar-refractivity contribution in [2.75, 3.05) is 5.32 Å². The lowest BCUT2D eigenvalue weighted by atomic mass is 10.2. The van der Waals surface area contributed by atoms with E-state index in [2.05, 4.69) is 16.9 Å². The van der Waals surface area contributed by atoms with E-state index in [0.29, 0.717) is 16.1 Å². The molecule has 0 bridgehead atoms. The maximum absolute atomic E-state index is 13.7. The Hall–Kier alpha value is -2.93. The molecule has 1 heterocycles. The van der Waals surface area contributed by atoms with Crippen molar-refractivity contribution in [2.45, 2.75) is 23.9 Å². The third kappa shape index (κ3) is 4.09. The van der Waals surface area contributed by atoms with Crippen LogP contribution in [0, 0.1) is 5.82 Å². The molecule has 138 valence electrons. The Bertz CT molecular complexity index is 1060. The van der Waals surface area contributed by atoms with Gasteiger partial charge in [0.15, 0.2) is 5.16 Å². The number of hydrogen-bond donors (Lipinski definition) is 1. The molecular formula is C20H18FN3O2S. The first kappa shape index (κ1) is 18.8. The minimum atomic E-state index is -0.589. The number of nitrogens with one attached hydrogen (secondary N) is 1. The Labute approximate surface area is 159 Å². The SMILES string of the molecule is C=CCn1c(SC(C)C(=O)Nc2ccccc2F)nc2ccccc2c1=O. The van der Waals surface area contributed by atoms with Gasteiger partial charge in [-0.15, -0.1) is 6.58 Å². The number of rotatable bonds is 6. The van der Waals surface area contributed by atoms with Gasteiger partial charge in [-0.2, -0.15) is 0 Å². The third-order valence-corrected chi connectivity index (χ3v) is 5.01. The van der Waals surface area contributed by atoms with Crippen LogP contribution in [0.1, 0.15) is 6.92 Å². The molecule has 3 aromatic rings. The van der Waals surface area contributed by atoms with Gasteiger partial charge in [0.25, 0.3) is 5.56 Å². The van der Waals surface area contributed by atoms with E-state index in [1.54, 1.807) is 49.4 Å². The quantitative estimate of drug-likeness (QED) is 0.399. The highest BCUT2D eigenvalue weighted by atomic mass is 32.2. The lowest BCUT2D eigenvalue weighted by molar-refractivity contribution is -0.115. The van der Waals surface area contributed by atoms with E-state index >= 15 is 0 Å². The summed E-state index contributed by atoms with van der Waals surface area (Å²) in [5, 5.41) is 2.89. The zero-order valence-corrected chi connectivity index (χ0v) is 15.5. The van der Waals surface area contributed by atoms with E-state index in [1.807, 2.05) is 0 Å². The summed E-state index contributed by atoms with van der Waals surface area (Å²) in [6.45, 7) is 5.64. The van der Waals surface area contributed by atoms with Crippen molar-refractivity contribution >= 4 is 34.3 Å². The van der Waals surface area contributed by atoms with Crippen molar-refractivity contribution < 1.29 is 9.18 Å². The van der Waals surface area contributed by atoms with E-state index in [1.165, 1.54) is 16.7 Å². The summed E-state index contributed by atoms with van der Waals surface area (Å²) in [7, 11) is 0. The molecule has 0 radical (unpaired) electrons. The van der Waals surface area contributed by atoms with Gasteiger partial charge in [-0.1, -0.05) is 42.1 Å². The Kier molecular flexibility index (Phi) is 5.71. The molecule has 0 spiro atoms. The van der Waals surface area contributed by atoms with Crippen molar-refractivity contribution in [2.24, 2.45) is 0 Å². The van der Waals surface area contributed by atoms with Gasteiger partial charge >= 0.3 is 0 Å².